The highest BCUT2D eigenvalue weighted by molar-refractivity contribution is 5.68. The lowest BCUT2D eigenvalue weighted by Crippen LogP contribution is -2.49. The van der Waals surface area contributed by atoms with Gasteiger partial charge in [0.1, 0.15) is 0 Å². The highest BCUT2D eigenvalue weighted by Crippen LogP contribution is 2.17. The molecule has 0 saturated carbocycles. The van der Waals surface area contributed by atoms with Crippen molar-refractivity contribution in [3.05, 3.63) is 24.1 Å². The normalized spacial score (nSPS) is 15.7. The molecular weight excluding hydrogens is 237 g/mol. The first-order valence-corrected chi connectivity index (χ1v) is 5.99. The van der Waals surface area contributed by atoms with Gasteiger partial charge in [-0.3, -0.25) is 0 Å². The number of ether oxygens (including phenoxy) is 1. The molecule has 18 heavy (non-hydrogen) atoms. The average Bonchev–Trinajstić information content (AvgIpc) is 2.40. The summed E-state index contributed by atoms with van der Waals surface area (Å²) in [6.45, 7) is 4.31. The summed E-state index contributed by atoms with van der Waals surface area (Å²) in [6.07, 6.45) is 1.26. The lowest BCUT2D eigenvalue weighted by molar-refractivity contribution is 0.105. The predicted octanol–water partition coefficient (Wildman–Crippen LogP) is 1.50. The van der Waals surface area contributed by atoms with Crippen molar-refractivity contribution in [3.63, 3.8) is 0 Å². The molecule has 1 saturated heterocycles. The van der Waals surface area contributed by atoms with Gasteiger partial charge in [-0.25, -0.2) is 14.2 Å². The molecule has 0 aromatic carbocycles. The van der Waals surface area contributed by atoms with Crippen molar-refractivity contribution in [1.29, 1.82) is 0 Å². The maximum Gasteiger partial charge on any atom is 0.409 e. The lowest BCUT2D eigenvalue weighted by atomic mass is 10.3. The molecule has 0 radical (unpaired) electrons. The van der Waals surface area contributed by atoms with Crippen LogP contribution in [0, 0.1) is 5.82 Å². The lowest BCUT2D eigenvalue weighted by Gasteiger charge is -2.34. The van der Waals surface area contributed by atoms with E-state index in [1.165, 1.54) is 6.07 Å². The van der Waals surface area contributed by atoms with E-state index in [4.69, 9.17) is 4.74 Å². The number of hydrogen-bond acceptors (Lipinski definition) is 4. The van der Waals surface area contributed by atoms with Crippen LogP contribution in [0.15, 0.2) is 18.3 Å². The maximum absolute atomic E-state index is 13.5. The van der Waals surface area contributed by atoms with Gasteiger partial charge < -0.3 is 14.5 Å². The number of pyridine rings is 1. The minimum atomic E-state index is -0.331. The van der Waals surface area contributed by atoms with Crippen LogP contribution in [0.2, 0.25) is 0 Å². The molecule has 1 amide bonds. The third-order valence-electron chi connectivity index (χ3n) is 2.84. The number of nitrogens with zero attached hydrogens (tertiary/aromatic N) is 3. The van der Waals surface area contributed by atoms with Crippen molar-refractivity contribution in [2.75, 3.05) is 37.7 Å². The molecule has 5 nitrogen and oxygen atoms in total. The molecule has 1 aromatic rings. The van der Waals surface area contributed by atoms with Gasteiger partial charge in [-0.15, -0.1) is 0 Å². The quantitative estimate of drug-likeness (QED) is 0.801. The summed E-state index contributed by atoms with van der Waals surface area (Å²) in [6, 6.07) is 2.95. The molecule has 0 atom stereocenters. The zero-order valence-electron chi connectivity index (χ0n) is 10.3. The van der Waals surface area contributed by atoms with Gasteiger partial charge in [0.05, 0.1) is 6.61 Å². The number of piperazine rings is 1. The molecule has 6 heteroatoms. The second-order valence-electron chi connectivity index (χ2n) is 3.98. The largest absolute Gasteiger partial charge is 0.450 e. The van der Waals surface area contributed by atoms with Crippen molar-refractivity contribution < 1.29 is 13.9 Å². The zero-order chi connectivity index (χ0) is 13.0. The predicted molar refractivity (Wildman–Crippen MR) is 65.0 cm³/mol. The zero-order valence-corrected chi connectivity index (χ0v) is 10.3. The molecule has 0 unspecified atom stereocenters. The van der Waals surface area contributed by atoms with Gasteiger partial charge in [-0.2, -0.15) is 0 Å². The molecule has 0 aliphatic carbocycles. The van der Waals surface area contributed by atoms with E-state index in [9.17, 15) is 9.18 Å². The fourth-order valence-electron chi connectivity index (χ4n) is 1.93. The summed E-state index contributed by atoms with van der Waals surface area (Å²) >= 11 is 0. The van der Waals surface area contributed by atoms with Crippen molar-refractivity contribution in [1.82, 2.24) is 9.88 Å². The van der Waals surface area contributed by atoms with Crippen LogP contribution in [0.4, 0.5) is 15.0 Å². The number of amides is 1. The van der Waals surface area contributed by atoms with Crippen LogP contribution < -0.4 is 4.90 Å². The Hall–Kier alpha value is -1.85. The van der Waals surface area contributed by atoms with E-state index in [0.717, 1.165) is 0 Å². The molecule has 1 aromatic heterocycles. The van der Waals surface area contributed by atoms with Gasteiger partial charge in [0.25, 0.3) is 0 Å². The van der Waals surface area contributed by atoms with E-state index >= 15 is 0 Å². The number of aromatic nitrogens is 1. The first-order valence-electron chi connectivity index (χ1n) is 5.99. The number of carbonyl (C=O) groups is 1. The number of anilines is 1. The van der Waals surface area contributed by atoms with Crippen molar-refractivity contribution in [3.8, 4) is 0 Å². The van der Waals surface area contributed by atoms with Crippen LogP contribution in [-0.2, 0) is 4.74 Å². The monoisotopic (exact) mass is 253 g/mol. The second kappa shape index (κ2) is 5.66. The molecule has 1 aliphatic rings. The van der Waals surface area contributed by atoms with Crippen molar-refractivity contribution in [2.24, 2.45) is 0 Å². The fraction of sp³-hybridized carbons (Fsp3) is 0.500. The third kappa shape index (κ3) is 2.69. The van der Waals surface area contributed by atoms with E-state index in [1.54, 1.807) is 24.1 Å². The highest BCUT2D eigenvalue weighted by Gasteiger charge is 2.23. The number of halogens is 1. The van der Waals surface area contributed by atoms with E-state index in [1.807, 2.05) is 4.90 Å². The average molecular weight is 253 g/mol. The highest BCUT2D eigenvalue weighted by atomic mass is 19.1. The van der Waals surface area contributed by atoms with Gasteiger partial charge in [-0.05, 0) is 19.1 Å². The van der Waals surface area contributed by atoms with E-state index < -0.39 is 0 Å². The Balaban J connectivity index is 1.95. The summed E-state index contributed by atoms with van der Waals surface area (Å²) < 4.78 is 18.5. The van der Waals surface area contributed by atoms with Crippen LogP contribution in [0.5, 0.6) is 0 Å². The van der Waals surface area contributed by atoms with Gasteiger partial charge in [0.2, 0.25) is 0 Å². The summed E-state index contributed by atoms with van der Waals surface area (Å²) in [4.78, 5) is 19.0. The Morgan fingerprint density at radius 2 is 2.17 bits per heavy atom. The number of hydrogen-bond donors (Lipinski definition) is 0. The standard InChI is InChI=1S/C12H16FN3O2/c1-2-18-12(17)16-8-6-15(7-9-16)11-10(13)4-3-5-14-11/h3-5H,2,6-9H2,1H3. The van der Waals surface area contributed by atoms with Crippen LogP contribution in [-0.4, -0.2) is 48.8 Å². The summed E-state index contributed by atoms with van der Waals surface area (Å²) in [7, 11) is 0. The maximum atomic E-state index is 13.5. The number of rotatable bonds is 2. The summed E-state index contributed by atoms with van der Waals surface area (Å²) in [5.41, 5.74) is 0. The SMILES string of the molecule is CCOC(=O)N1CCN(c2ncccc2F)CC1. The van der Waals surface area contributed by atoms with E-state index in [0.29, 0.717) is 38.6 Å². The van der Waals surface area contributed by atoms with Gasteiger partial charge in [-0.1, -0.05) is 0 Å². The molecule has 0 bridgehead atoms. The van der Waals surface area contributed by atoms with Crippen molar-refractivity contribution >= 4 is 11.9 Å². The Bertz CT molecular complexity index is 420. The van der Waals surface area contributed by atoms with Crippen LogP contribution >= 0.6 is 0 Å². The summed E-state index contributed by atoms with van der Waals surface area (Å²) in [5, 5.41) is 0. The molecule has 1 aliphatic heterocycles. The molecule has 98 valence electrons. The van der Waals surface area contributed by atoms with E-state index in [-0.39, 0.29) is 11.9 Å². The molecule has 2 heterocycles. The van der Waals surface area contributed by atoms with E-state index in [2.05, 4.69) is 4.98 Å². The van der Waals surface area contributed by atoms with Crippen LogP contribution in [0.3, 0.4) is 0 Å². The Kier molecular flexibility index (Phi) is 3.96. The van der Waals surface area contributed by atoms with Gasteiger partial charge in [0.15, 0.2) is 11.6 Å². The minimum Gasteiger partial charge on any atom is -0.450 e. The topological polar surface area (TPSA) is 45.7 Å². The third-order valence-corrected chi connectivity index (χ3v) is 2.84. The smallest absolute Gasteiger partial charge is 0.409 e. The molecule has 1 fully saturated rings. The summed E-state index contributed by atoms with van der Waals surface area (Å²) in [5.74, 6) is 0.0168. The second-order valence-corrected chi connectivity index (χ2v) is 3.98. The Morgan fingerprint density at radius 3 is 2.78 bits per heavy atom. The molecule has 0 N–H and O–H groups in total. The van der Waals surface area contributed by atoms with Gasteiger partial charge in [0, 0.05) is 32.4 Å². The molecule has 0 spiro atoms. The first-order chi connectivity index (χ1) is 8.72. The molecule has 2 rings (SSSR count). The fourth-order valence-corrected chi connectivity index (χ4v) is 1.93. The molecular formula is C12H16FN3O2. The van der Waals surface area contributed by atoms with Crippen LogP contribution in [0.25, 0.3) is 0 Å². The van der Waals surface area contributed by atoms with Gasteiger partial charge >= 0.3 is 6.09 Å². The van der Waals surface area contributed by atoms with Crippen LogP contribution in [0.1, 0.15) is 6.92 Å². The number of carbonyl (C=O) groups excluding carboxylic acids is 1. The Morgan fingerprint density at radius 1 is 1.44 bits per heavy atom. The minimum absolute atomic E-state index is 0.307. The first kappa shape index (κ1) is 12.6. The van der Waals surface area contributed by atoms with Crippen molar-refractivity contribution in [2.45, 2.75) is 6.92 Å². The Labute approximate surface area is 105 Å².